The van der Waals surface area contributed by atoms with E-state index in [9.17, 15) is 9.18 Å². The molecule has 1 N–H and O–H groups in total. The first-order valence-corrected chi connectivity index (χ1v) is 8.42. The lowest BCUT2D eigenvalue weighted by molar-refractivity contribution is 0.185. The van der Waals surface area contributed by atoms with Crippen LogP contribution in [0.3, 0.4) is 0 Å². The Kier molecular flexibility index (Phi) is 5.41. The van der Waals surface area contributed by atoms with E-state index in [0.717, 1.165) is 11.0 Å². The van der Waals surface area contributed by atoms with Crippen molar-refractivity contribution in [3.05, 3.63) is 66.2 Å². The average Bonchev–Trinajstić information content (AvgIpc) is 3.09. The Morgan fingerprint density at radius 3 is 2.73 bits per heavy atom. The van der Waals surface area contributed by atoms with Crippen LogP contribution in [-0.4, -0.2) is 31.1 Å². The van der Waals surface area contributed by atoms with Crippen molar-refractivity contribution in [1.82, 2.24) is 10.2 Å². The van der Waals surface area contributed by atoms with Gasteiger partial charge in [0.25, 0.3) is 0 Å². The second-order valence-electron chi connectivity index (χ2n) is 5.98. The van der Waals surface area contributed by atoms with Gasteiger partial charge in [0, 0.05) is 12.4 Å². The van der Waals surface area contributed by atoms with Gasteiger partial charge in [0.05, 0.1) is 12.6 Å². The molecule has 0 saturated carbocycles. The third kappa shape index (κ3) is 3.96. The number of urea groups is 1. The van der Waals surface area contributed by atoms with Gasteiger partial charge in [-0.25, -0.2) is 9.18 Å². The minimum absolute atomic E-state index is 0.172. The quantitative estimate of drug-likeness (QED) is 0.668. The summed E-state index contributed by atoms with van der Waals surface area (Å²) in [5, 5.41) is 3.76. The van der Waals surface area contributed by atoms with E-state index in [1.807, 2.05) is 37.3 Å². The summed E-state index contributed by atoms with van der Waals surface area (Å²) in [5.41, 5.74) is 0.793. The molecular weight excluding hydrogens is 335 g/mol. The van der Waals surface area contributed by atoms with Crippen LogP contribution >= 0.6 is 0 Å². The van der Waals surface area contributed by atoms with Crippen LogP contribution in [0.4, 0.5) is 9.18 Å². The number of carbonyl (C=O) groups is 1. The molecule has 0 aliphatic carbocycles. The van der Waals surface area contributed by atoms with Crippen LogP contribution in [0.1, 0.15) is 18.7 Å². The molecule has 136 valence electrons. The summed E-state index contributed by atoms with van der Waals surface area (Å²) in [7, 11) is 1.70. The molecule has 0 aliphatic heterocycles. The lowest BCUT2D eigenvalue weighted by Crippen LogP contribution is -2.40. The fraction of sp³-hybridized carbons (Fsp3) is 0.250. The number of hydrogen-bond donors (Lipinski definition) is 1. The first kappa shape index (κ1) is 17.8. The number of rotatable bonds is 6. The zero-order valence-electron chi connectivity index (χ0n) is 14.7. The van der Waals surface area contributed by atoms with Crippen LogP contribution in [0.25, 0.3) is 11.0 Å². The van der Waals surface area contributed by atoms with Crippen LogP contribution in [0.5, 0.6) is 5.75 Å². The molecular formula is C20H21FN2O3. The molecule has 1 atom stereocenters. The minimum Gasteiger partial charge on any atom is -0.489 e. The number of furan rings is 1. The number of hydrogen-bond acceptors (Lipinski definition) is 3. The van der Waals surface area contributed by atoms with Crippen molar-refractivity contribution in [3.8, 4) is 5.75 Å². The first-order chi connectivity index (χ1) is 12.6. The van der Waals surface area contributed by atoms with Crippen molar-refractivity contribution < 1.29 is 18.3 Å². The average molecular weight is 356 g/mol. The number of amides is 2. The smallest absolute Gasteiger partial charge is 0.317 e. The predicted molar refractivity (Wildman–Crippen MR) is 97.7 cm³/mol. The largest absolute Gasteiger partial charge is 0.489 e. The third-order valence-corrected chi connectivity index (χ3v) is 4.23. The molecule has 3 aromatic rings. The standard InChI is InChI=1S/C20H21FN2O3/c1-14(19-13-15-7-3-5-9-17(15)26-19)23(2)20(24)22-11-12-25-18-10-6-4-8-16(18)21/h3-10,13-14H,11-12H2,1-2H3,(H,22,24)/t14-/m0/s1. The Hall–Kier alpha value is -3.02. The SMILES string of the molecule is C[C@@H](c1cc2ccccc2o1)N(C)C(=O)NCCOc1ccccc1F. The van der Waals surface area contributed by atoms with Crippen LogP contribution in [0.15, 0.2) is 59.0 Å². The van der Waals surface area contributed by atoms with Gasteiger partial charge in [0.1, 0.15) is 18.0 Å². The van der Waals surface area contributed by atoms with Crippen LogP contribution in [0.2, 0.25) is 0 Å². The third-order valence-electron chi connectivity index (χ3n) is 4.23. The highest BCUT2D eigenvalue weighted by atomic mass is 19.1. The summed E-state index contributed by atoms with van der Waals surface area (Å²) in [4.78, 5) is 13.9. The molecule has 0 unspecified atom stereocenters. The summed E-state index contributed by atoms with van der Waals surface area (Å²) >= 11 is 0. The number of carbonyl (C=O) groups excluding carboxylic acids is 1. The lowest BCUT2D eigenvalue weighted by Gasteiger charge is -2.23. The van der Waals surface area contributed by atoms with Gasteiger partial charge in [0.2, 0.25) is 0 Å². The van der Waals surface area contributed by atoms with Gasteiger partial charge >= 0.3 is 6.03 Å². The number of para-hydroxylation sites is 2. The second-order valence-corrected chi connectivity index (χ2v) is 5.98. The molecule has 2 aromatic carbocycles. The summed E-state index contributed by atoms with van der Waals surface area (Å²) in [5.74, 6) is 0.464. The van der Waals surface area contributed by atoms with Gasteiger partial charge in [-0.05, 0) is 31.2 Å². The van der Waals surface area contributed by atoms with Gasteiger partial charge in [-0.15, -0.1) is 0 Å². The Balaban J connectivity index is 1.51. The number of ether oxygens (including phenoxy) is 1. The van der Waals surface area contributed by atoms with Crippen molar-refractivity contribution in [2.45, 2.75) is 13.0 Å². The normalized spacial score (nSPS) is 12.0. The predicted octanol–water partition coefficient (Wildman–Crippen LogP) is 4.35. The van der Waals surface area contributed by atoms with E-state index in [2.05, 4.69) is 5.32 Å². The molecule has 6 heteroatoms. The van der Waals surface area contributed by atoms with Gasteiger partial charge in [-0.3, -0.25) is 0 Å². The molecule has 5 nitrogen and oxygen atoms in total. The highest BCUT2D eigenvalue weighted by molar-refractivity contribution is 5.78. The van der Waals surface area contributed by atoms with E-state index >= 15 is 0 Å². The van der Waals surface area contributed by atoms with Crippen LogP contribution in [-0.2, 0) is 0 Å². The highest BCUT2D eigenvalue weighted by Crippen LogP contribution is 2.26. The molecule has 0 radical (unpaired) electrons. The van der Waals surface area contributed by atoms with Crippen LogP contribution in [0, 0.1) is 5.82 Å². The number of nitrogens with one attached hydrogen (secondary N) is 1. The Labute approximate surface area is 151 Å². The molecule has 0 fully saturated rings. The van der Waals surface area contributed by atoms with Gasteiger partial charge in [-0.1, -0.05) is 30.3 Å². The zero-order valence-corrected chi connectivity index (χ0v) is 14.7. The number of fused-ring (bicyclic) bond motifs is 1. The monoisotopic (exact) mass is 356 g/mol. The maximum atomic E-state index is 13.5. The van der Waals surface area contributed by atoms with Crippen molar-refractivity contribution in [3.63, 3.8) is 0 Å². The highest BCUT2D eigenvalue weighted by Gasteiger charge is 2.20. The second kappa shape index (κ2) is 7.91. The van der Waals surface area contributed by atoms with Gasteiger partial charge in [0.15, 0.2) is 11.6 Å². The van der Waals surface area contributed by atoms with Crippen LogP contribution < -0.4 is 10.1 Å². The van der Waals surface area contributed by atoms with E-state index in [0.29, 0.717) is 5.76 Å². The minimum atomic E-state index is -0.422. The molecule has 0 saturated heterocycles. The van der Waals surface area contributed by atoms with E-state index in [-0.39, 0.29) is 31.0 Å². The summed E-state index contributed by atoms with van der Waals surface area (Å²) in [6, 6.07) is 15.3. The van der Waals surface area contributed by atoms with E-state index in [4.69, 9.17) is 9.15 Å². The fourth-order valence-electron chi connectivity index (χ4n) is 2.58. The molecule has 3 rings (SSSR count). The van der Waals surface area contributed by atoms with Crippen molar-refractivity contribution in [1.29, 1.82) is 0 Å². The topological polar surface area (TPSA) is 54.7 Å². The van der Waals surface area contributed by atoms with Crippen molar-refractivity contribution in [2.75, 3.05) is 20.2 Å². The molecule has 0 aliphatic rings. The lowest BCUT2D eigenvalue weighted by atomic mass is 10.2. The van der Waals surface area contributed by atoms with Crippen molar-refractivity contribution in [2.24, 2.45) is 0 Å². The number of nitrogens with zero attached hydrogens (tertiary/aromatic N) is 1. The fourth-order valence-corrected chi connectivity index (χ4v) is 2.58. The Morgan fingerprint density at radius 1 is 1.23 bits per heavy atom. The zero-order chi connectivity index (χ0) is 18.5. The maximum absolute atomic E-state index is 13.5. The van der Waals surface area contributed by atoms with Crippen molar-refractivity contribution >= 4 is 17.0 Å². The number of benzene rings is 2. The summed E-state index contributed by atoms with van der Waals surface area (Å²) in [6.07, 6.45) is 0. The molecule has 26 heavy (non-hydrogen) atoms. The van der Waals surface area contributed by atoms with E-state index < -0.39 is 5.82 Å². The number of halogens is 1. The van der Waals surface area contributed by atoms with Gasteiger partial charge in [-0.2, -0.15) is 0 Å². The maximum Gasteiger partial charge on any atom is 0.317 e. The summed E-state index contributed by atoms with van der Waals surface area (Å²) in [6.45, 7) is 2.34. The Morgan fingerprint density at radius 2 is 1.96 bits per heavy atom. The molecule has 0 bridgehead atoms. The van der Waals surface area contributed by atoms with E-state index in [1.54, 1.807) is 30.1 Å². The van der Waals surface area contributed by atoms with Gasteiger partial charge < -0.3 is 19.4 Å². The molecule has 1 heterocycles. The first-order valence-electron chi connectivity index (χ1n) is 8.42. The molecule has 2 amide bonds. The van der Waals surface area contributed by atoms with E-state index in [1.165, 1.54) is 6.07 Å². The molecule has 1 aromatic heterocycles. The summed E-state index contributed by atoms with van der Waals surface area (Å²) < 4.78 is 24.6. The molecule has 0 spiro atoms. The Bertz CT molecular complexity index is 860.